The second-order valence-electron chi connectivity index (χ2n) is 5.64. The second-order valence-corrected chi connectivity index (χ2v) is 6.87. The molecule has 1 fully saturated rings. The van der Waals surface area contributed by atoms with Gasteiger partial charge in [-0.2, -0.15) is 0 Å². The minimum atomic E-state index is -0.691. The van der Waals surface area contributed by atoms with Crippen molar-refractivity contribution in [3.8, 4) is 0 Å². The molecule has 2 aromatic rings. The lowest BCUT2D eigenvalue weighted by Crippen LogP contribution is -2.34. The van der Waals surface area contributed by atoms with Crippen LogP contribution in [0.5, 0.6) is 0 Å². The highest BCUT2D eigenvalue weighted by molar-refractivity contribution is 7.18. The molecular formula is C15H19N3O2S. The summed E-state index contributed by atoms with van der Waals surface area (Å²) in [5.74, 6) is 0.864. The third kappa shape index (κ3) is 3.15. The predicted octanol–water partition coefficient (Wildman–Crippen LogP) is 3.08. The van der Waals surface area contributed by atoms with Crippen LogP contribution in [0.4, 0.5) is 5.82 Å². The van der Waals surface area contributed by atoms with E-state index in [2.05, 4.69) is 27.9 Å². The summed E-state index contributed by atoms with van der Waals surface area (Å²) in [6, 6.07) is 2.16. The van der Waals surface area contributed by atoms with Crippen LogP contribution in [-0.4, -0.2) is 34.1 Å². The first-order chi connectivity index (χ1) is 10.1. The van der Waals surface area contributed by atoms with E-state index in [-0.39, 0.29) is 6.42 Å². The first-order valence-corrected chi connectivity index (χ1v) is 8.13. The van der Waals surface area contributed by atoms with Crippen molar-refractivity contribution in [1.29, 1.82) is 0 Å². The number of thiophene rings is 1. The number of aryl methyl sites for hydroxylation is 1. The van der Waals surface area contributed by atoms with Gasteiger partial charge in [0.1, 0.15) is 17.0 Å². The third-order valence-electron chi connectivity index (χ3n) is 4.11. The number of fused-ring (bicyclic) bond motifs is 1. The van der Waals surface area contributed by atoms with E-state index < -0.39 is 5.97 Å². The minimum absolute atomic E-state index is 0.284. The summed E-state index contributed by atoms with van der Waals surface area (Å²) in [5.41, 5.74) is 0. The second kappa shape index (κ2) is 5.97. The average molecular weight is 305 g/mol. The van der Waals surface area contributed by atoms with Gasteiger partial charge in [-0.15, -0.1) is 11.3 Å². The Morgan fingerprint density at radius 2 is 2.19 bits per heavy atom. The van der Waals surface area contributed by atoms with E-state index in [9.17, 15) is 4.79 Å². The molecule has 6 heteroatoms. The normalized spacial score (nSPS) is 16.5. The number of piperidine rings is 1. The molecule has 5 nitrogen and oxygen atoms in total. The number of rotatable bonds is 4. The number of hydrogen-bond acceptors (Lipinski definition) is 5. The highest BCUT2D eigenvalue weighted by Gasteiger charge is 2.22. The standard InChI is InChI=1S/C15H19N3O2S/c1-10-8-12-14(16-9-17-15(12)21-10)18-6-4-11(5-7-18)2-3-13(19)20/h8-9,11H,2-7H2,1H3,(H,19,20). The first-order valence-electron chi connectivity index (χ1n) is 7.31. The van der Waals surface area contributed by atoms with E-state index in [1.165, 1.54) is 4.88 Å². The summed E-state index contributed by atoms with van der Waals surface area (Å²) < 4.78 is 0. The SMILES string of the molecule is Cc1cc2c(N3CCC(CCC(=O)O)CC3)ncnc2s1. The lowest BCUT2D eigenvalue weighted by Gasteiger charge is -2.32. The quantitative estimate of drug-likeness (QED) is 0.940. The number of carbonyl (C=O) groups is 1. The number of anilines is 1. The summed E-state index contributed by atoms with van der Waals surface area (Å²) in [6.45, 7) is 3.99. The lowest BCUT2D eigenvalue weighted by atomic mass is 9.92. The van der Waals surface area contributed by atoms with Crippen molar-refractivity contribution in [2.45, 2.75) is 32.6 Å². The Bertz CT molecular complexity index is 647. The van der Waals surface area contributed by atoms with E-state index in [0.717, 1.165) is 48.4 Å². The molecule has 0 aliphatic carbocycles. The van der Waals surface area contributed by atoms with Crippen molar-refractivity contribution in [3.63, 3.8) is 0 Å². The van der Waals surface area contributed by atoms with Gasteiger partial charge >= 0.3 is 5.97 Å². The lowest BCUT2D eigenvalue weighted by molar-refractivity contribution is -0.137. The number of carboxylic acid groups (broad SMARTS) is 1. The predicted molar refractivity (Wildman–Crippen MR) is 84.0 cm³/mol. The van der Waals surface area contributed by atoms with Crippen LogP contribution in [0, 0.1) is 12.8 Å². The summed E-state index contributed by atoms with van der Waals surface area (Å²) in [6.07, 6.45) is 4.81. The van der Waals surface area contributed by atoms with Gasteiger partial charge in [-0.3, -0.25) is 4.79 Å². The maximum absolute atomic E-state index is 10.7. The number of aromatic nitrogens is 2. The Morgan fingerprint density at radius 3 is 2.90 bits per heavy atom. The largest absolute Gasteiger partial charge is 0.481 e. The Labute approximate surface area is 127 Å². The molecule has 21 heavy (non-hydrogen) atoms. The monoisotopic (exact) mass is 305 g/mol. The molecule has 0 aromatic carbocycles. The number of nitrogens with zero attached hydrogens (tertiary/aromatic N) is 3. The van der Waals surface area contributed by atoms with Gasteiger partial charge in [0, 0.05) is 24.4 Å². The first kappa shape index (κ1) is 14.3. The smallest absolute Gasteiger partial charge is 0.303 e. The zero-order valence-corrected chi connectivity index (χ0v) is 12.9. The van der Waals surface area contributed by atoms with Gasteiger partial charge < -0.3 is 10.0 Å². The van der Waals surface area contributed by atoms with Crippen LogP contribution in [0.3, 0.4) is 0 Å². The fourth-order valence-electron chi connectivity index (χ4n) is 2.98. The fourth-order valence-corrected chi connectivity index (χ4v) is 3.82. The zero-order chi connectivity index (χ0) is 14.8. The summed E-state index contributed by atoms with van der Waals surface area (Å²) in [4.78, 5) is 24.1. The zero-order valence-electron chi connectivity index (χ0n) is 12.1. The maximum atomic E-state index is 10.7. The minimum Gasteiger partial charge on any atom is -0.481 e. The van der Waals surface area contributed by atoms with E-state index >= 15 is 0 Å². The highest BCUT2D eigenvalue weighted by atomic mass is 32.1. The Morgan fingerprint density at radius 1 is 1.43 bits per heavy atom. The van der Waals surface area contributed by atoms with Crippen LogP contribution < -0.4 is 4.90 Å². The molecular weight excluding hydrogens is 286 g/mol. The molecule has 3 heterocycles. The topological polar surface area (TPSA) is 66.3 Å². The molecule has 1 N–H and O–H groups in total. The molecule has 0 atom stereocenters. The fraction of sp³-hybridized carbons (Fsp3) is 0.533. The van der Waals surface area contributed by atoms with Crippen molar-refractivity contribution < 1.29 is 9.90 Å². The van der Waals surface area contributed by atoms with E-state index in [1.807, 2.05) is 0 Å². The van der Waals surface area contributed by atoms with Crippen LogP contribution in [0.2, 0.25) is 0 Å². The molecule has 0 spiro atoms. The van der Waals surface area contributed by atoms with Gasteiger partial charge in [-0.05, 0) is 38.2 Å². The number of aliphatic carboxylic acids is 1. The molecule has 2 aromatic heterocycles. The molecule has 1 aliphatic heterocycles. The van der Waals surface area contributed by atoms with Gasteiger partial charge in [0.15, 0.2) is 0 Å². The summed E-state index contributed by atoms with van der Waals surface area (Å²) in [7, 11) is 0. The van der Waals surface area contributed by atoms with Crippen molar-refractivity contribution in [2.24, 2.45) is 5.92 Å². The Balaban J connectivity index is 1.69. The van der Waals surface area contributed by atoms with Crippen LogP contribution in [0.25, 0.3) is 10.2 Å². The molecule has 0 bridgehead atoms. The molecule has 0 radical (unpaired) electrons. The molecule has 1 saturated heterocycles. The van der Waals surface area contributed by atoms with Gasteiger partial charge in [-0.1, -0.05) is 0 Å². The third-order valence-corrected chi connectivity index (χ3v) is 5.07. The van der Waals surface area contributed by atoms with Gasteiger partial charge in [0.05, 0.1) is 5.39 Å². The van der Waals surface area contributed by atoms with Gasteiger partial charge in [-0.25, -0.2) is 9.97 Å². The van der Waals surface area contributed by atoms with Gasteiger partial charge in [0.25, 0.3) is 0 Å². The molecule has 0 amide bonds. The summed E-state index contributed by atoms with van der Waals surface area (Å²) >= 11 is 1.70. The molecule has 3 rings (SSSR count). The van der Waals surface area contributed by atoms with Crippen molar-refractivity contribution >= 4 is 33.3 Å². The Hall–Kier alpha value is -1.69. The van der Waals surface area contributed by atoms with E-state index in [1.54, 1.807) is 17.7 Å². The number of hydrogen-bond donors (Lipinski definition) is 1. The van der Waals surface area contributed by atoms with Crippen LogP contribution >= 0.6 is 11.3 Å². The highest BCUT2D eigenvalue weighted by Crippen LogP contribution is 2.32. The van der Waals surface area contributed by atoms with Crippen molar-refractivity contribution in [1.82, 2.24) is 9.97 Å². The maximum Gasteiger partial charge on any atom is 0.303 e. The average Bonchev–Trinajstić information content (AvgIpc) is 2.85. The van der Waals surface area contributed by atoms with Crippen molar-refractivity contribution in [3.05, 3.63) is 17.3 Å². The summed E-state index contributed by atoms with van der Waals surface area (Å²) in [5, 5.41) is 9.91. The Kier molecular flexibility index (Phi) is 4.05. The van der Waals surface area contributed by atoms with Crippen LogP contribution in [-0.2, 0) is 4.79 Å². The molecule has 112 valence electrons. The number of carboxylic acids is 1. The molecule has 1 aliphatic rings. The molecule has 0 saturated carbocycles. The van der Waals surface area contributed by atoms with Gasteiger partial charge in [0.2, 0.25) is 0 Å². The van der Waals surface area contributed by atoms with E-state index in [0.29, 0.717) is 5.92 Å². The molecule has 0 unspecified atom stereocenters. The van der Waals surface area contributed by atoms with Crippen LogP contribution in [0.15, 0.2) is 12.4 Å². The van der Waals surface area contributed by atoms with Crippen LogP contribution in [0.1, 0.15) is 30.6 Å². The van der Waals surface area contributed by atoms with E-state index in [4.69, 9.17) is 5.11 Å². The van der Waals surface area contributed by atoms with Crippen molar-refractivity contribution in [2.75, 3.05) is 18.0 Å².